The fourth-order valence-corrected chi connectivity index (χ4v) is 9.00. The first-order valence-corrected chi connectivity index (χ1v) is 12.9. The molecule has 4 aliphatic rings. The number of aliphatic carboxylic acids is 1. The second-order valence-corrected chi connectivity index (χ2v) is 12.1. The number of carbonyl (C=O) groups excluding carboxylic acids is 1. The molecule has 0 aromatic heterocycles. The summed E-state index contributed by atoms with van der Waals surface area (Å²) in [4.78, 5) is 22.7. The molecular weight excluding hydrogens is 406 g/mol. The summed E-state index contributed by atoms with van der Waals surface area (Å²) in [5.74, 6) is 1.66. The first-order valence-electron chi connectivity index (χ1n) is 12.9. The number of aliphatic hydroxyl groups is 2. The smallest absolute Gasteiger partial charge is 0.322 e. The van der Waals surface area contributed by atoms with Gasteiger partial charge in [-0.15, -0.1) is 0 Å². The van der Waals surface area contributed by atoms with Crippen LogP contribution in [0.25, 0.3) is 0 Å². The Labute approximate surface area is 192 Å². The molecule has 4 saturated carbocycles. The summed E-state index contributed by atoms with van der Waals surface area (Å²) in [6.45, 7) is 6.83. The van der Waals surface area contributed by atoms with Gasteiger partial charge in [0.15, 0.2) is 0 Å². The summed E-state index contributed by atoms with van der Waals surface area (Å²) in [6, 6.07) is 0. The maximum atomic E-state index is 12.0. The molecule has 4 aliphatic carbocycles. The van der Waals surface area contributed by atoms with E-state index in [4.69, 9.17) is 5.11 Å². The largest absolute Gasteiger partial charge is 0.480 e. The van der Waals surface area contributed by atoms with Crippen LogP contribution in [0.4, 0.5) is 0 Å². The predicted octanol–water partition coefficient (Wildman–Crippen LogP) is 3.59. The van der Waals surface area contributed by atoms with Crippen molar-refractivity contribution in [1.82, 2.24) is 5.32 Å². The van der Waals surface area contributed by atoms with E-state index in [1.807, 2.05) is 0 Å². The summed E-state index contributed by atoms with van der Waals surface area (Å²) in [5, 5.41) is 32.8. The van der Waals surface area contributed by atoms with Crippen molar-refractivity contribution in [3.05, 3.63) is 0 Å². The van der Waals surface area contributed by atoms with Gasteiger partial charge in [0, 0.05) is 6.42 Å². The normalized spacial score (nSPS) is 46.5. The molecule has 0 radical (unpaired) electrons. The van der Waals surface area contributed by atoms with Crippen molar-refractivity contribution in [2.45, 2.75) is 97.2 Å². The standard InChI is InChI=1S/C26H43NO5/c1-15(4-7-22(30)27-14-23(31)32)18-5-6-19-24-20(9-11-26(18,19)3)25(2)10-8-17(28)12-16(25)13-21(24)29/h15-21,24,28-29H,4-14H2,1-3H3,(H,27,30)(H,31,32)/t15-,16-,17+,18+,19-,20-,21-,24-,25+,26+/m1/s1. The van der Waals surface area contributed by atoms with E-state index in [0.717, 1.165) is 44.9 Å². The molecular formula is C26H43NO5. The van der Waals surface area contributed by atoms with E-state index in [1.54, 1.807) is 0 Å². The van der Waals surface area contributed by atoms with Gasteiger partial charge in [-0.05, 0) is 104 Å². The Kier molecular flexibility index (Phi) is 6.68. The molecule has 0 aromatic carbocycles. The summed E-state index contributed by atoms with van der Waals surface area (Å²) in [6.07, 6.45) is 9.06. The number of carboxylic acids is 1. The number of amides is 1. The van der Waals surface area contributed by atoms with Crippen molar-refractivity contribution in [2.75, 3.05) is 6.54 Å². The van der Waals surface area contributed by atoms with Crippen LogP contribution in [0.5, 0.6) is 0 Å². The first-order chi connectivity index (χ1) is 15.1. The molecule has 32 heavy (non-hydrogen) atoms. The van der Waals surface area contributed by atoms with Crippen molar-refractivity contribution in [1.29, 1.82) is 0 Å². The molecule has 0 aromatic rings. The lowest BCUT2D eigenvalue weighted by Crippen LogP contribution is -2.58. The van der Waals surface area contributed by atoms with Gasteiger partial charge < -0.3 is 20.6 Å². The summed E-state index contributed by atoms with van der Waals surface area (Å²) in [7, 11) is 0. The van der Waals surface area contributed by atoms with E-state index in [0.29, 0.717) is 41.9 Å². The van der Waals surface area contributed by atoms with E-state index >= 15 is 0 Å². The van der Waals surface area contributed by atoms with Gasteiger partial charge in [-0.3, -0.25) is 9.59 Å². The van der Waals surface area contributed by atoms with Crippen molar-refractivity contribution in [2.24, 2.45) is 46.3 Å². The minimum Gasteiger partial charge on any atom is -0.480 e. The topological polar surface area (TPSA) is 107 Å². The number of rotatable bonds is 6. The lowest BCUT2D eigenvalue weighted by Gasteiger charge is -2.62. The van der Waals surface area contributed by atoms with Gasteiger partial charge in [-0.1, -0.05) is 20.8 Å². The average molecular weight is 450 g/mol. The van der Waals surface area contributed by atoms with Crippen LogP contribution in [0.3, 0.4) is 0 Å². The highest BCUT2D eigenvalue weighted by molar-refractivity contribution is 5.81. The Hall–Kier alpha value is -1.14. The highest BCUT2D eigenvalue weighted by Crippen LogP contribution is 2.68. The quantitative estimate of drug-likeness (QED) is 0.496. The lowest BCUT2D eigenvalue weighted by atomic mass is 9.43. The summed E-state index contributed by atoms with van der Waals surface area (Å²) >= 11 is 0. The maximum Gasteiger partial charge on any atom is 0.322 e. The van der Waals surface area contributed by atoms with E-state index in [9.17, 15) is 19.8 Å². The van der Waals surface area contributed by atoms with E-state index in [-0.39, 0.29) is 35.5 Å². The third kappa shape index (κ3) is 4.11. The number of hydrogen-bond donors (Lipinski definition) is 4. The molecule has 1 amide bonds. The molecule has 10 atom stereocenters. The second-order valence-electron chi connectivity index (χ2n) is 12.1. The zero-order valence-electron chi connectivity index (χ0n) is 20.1. The number of fused-ring (bicyclic) bond motifs is 5. The number of hydrogen-bond acceptors (Lipinski definition) is 4. The lowest BCUT2D eigenvalue weighted by molar-refractivity contribution is -0.174. The van der Waals surface area contributed by atoms with E-state index in [1.165, 1.54) is 12.8 Å². The highest BCUT2D eigenvalue weighted by Gasteiger charge is 2.62. The third-order valence-electron chi connectivity index (χ3n) is 10.7. The van der Waals surface area contributed by atoms with Gasteiger partial charge >= 0.3 is 5.97 Å². The van der Waals surface area contributed by atoms with E-state index in [2.05, 4.69) is 26.1 Å². The van der Waals surface area contributed by atoms with Gasteiger partial charge in [0.1, 0.15) is 6.54 Å². The van der Waals surface area contributed by atoms with Crippen LogP contribution in [0.2, 0.25) is 0 Å². The third-order valence-corrected chi connectivity index (χ3v) is 10.7. The molecule has 4 N–H and O–H groups in total. The highest BCUT2D eigenvalue weighted by atomic mass is 16.4. The van der Waals surface area contributed by atoms with Crippen molar-refractivity contribution in [3.63, 3.8) is 0 Å². The fourth-order valence-electron chi connectivity index (χ4n) is 9.00. The van der Waals surface area contributed by atoms with Crippen LogP contribution in [0, 0.1) is 46.3 Å². The Balaban J connectivity index is 1.44. The molecule has 182 valence electrons. The molecule has 0 saturated heterocycles. The van der Waals surface area contributed by atoms with Gasteiger partial charge in [-0.25, -0.2) is 0 Å². The first kappa shape index (κ1) is 24.0. The fraction of sp³-hybridized carbons (Fsp3) is 0.923. The average Bonchev–Trinajstić information content (AvgIpc) is 3.09. The van der Waals surface area contributed by atoms with Crippen molar-refractivity contribution < 1.29 is 24.9 Å². The van der Waals surface area contributed by atoms with E-state index < -0.39 is 5.97 Å². The molecule has 0 heterocycles. The molecule has 0 spiro atoms. The molecule has 6 heteroatoms. The van der Waals surface area contributed by atoms with Crippen LogP contribution in [-0.2, 0) is 9.59 Å². The minimum atomic E-state index is -1.01. The number of nitrogens with one attached hydrogen (secondary N) is 1. The number of carbonyl (C=O) groups is 2. The zero-order valence-corrected chi connectivity index (χ0v) is 20.1. The summed E-state index contributed by atoms with van der Waals surface area (Å²) < 4.78 is 0. The Morgan fingerprint density at radius 1 is 1.00 bits per heavy atom. The SMILES string of the molecule is C[C@H](CCC(=O)NCC(=O)O)[C@@H]1CC[C@@H]2[C@H]3[C@H](O)C[C@H]4C[C@@H](O)CC[C@]4(C)[C@@H]3CC[C@]21C. The summed E-state index contributed by atoms with van der Waals surface area (Å²) in [5.41, 5.74) is 0.451. The van der Waals surface area contributed by atoms with Crippen LogP contribution in [0.1, 0.15) is 85.0 Å². The Morgan fingerprint density at radius 3 is 2.41 bits per heavy atom. The number of carboxylic acid groups (broad SMARTS) is 1. The van der Waals surface area contributed by atoms with Crippen LogP contribution in [-0.4, -0.2) is 45.9 Å². The van der Waals surface area contributed by atoms with Gasteiger partial charge in [0.05, 0.1) is 12.2 Å². The molecule has 0 aliphatic heterocycles. The molecule has 4 fully saturated rings. The monoisotopic (exact) mass is 449 g/mol. The molecule has 4 rings (SSSR count). The molecule has 0 unspecified atom stereocenters. The van der Waals surface area contributed by atoms with Crippen molar-refractivity contribution in [3.8, 4) is 0 Å². The van der Waals surface area contributed by atoms with Crippen LogP contribution >= 0.6 is 0 Å². The van der Waals surface area contributed by atoms with Gasteiger partial charge in [0.25, 0.3) is 0 Å². The second kappa shape index (κ2) is 8.90. The molecule has 0 bridgehead atoms. The molecule has 6 nitrogen and oxygen atoms in total. The van der Waals surface area contributed by atoms with Gasteiger partial charge in [0.2, 0.25) is 5.91 Å². The van der Waals surface area contributed by atoms with Crippen LogP contribution < -0.4 is 5.32 Å². The minimum absolute atomic E-state index is 0.177. The van der Waals surface area contributed by atoms with Gasteiger partial charge in [-0.2, -0.15) is 0 Å². The van der Waals surface area contributed by atoms with Crippen LogP contribution in [0.15, 0.2) is 0 Å². The Bertz CT molecular complexity index is 727. The zero-order chi connectivity index (χ0) is 23.3. The van der Waals surface area contributed by atoms with Crippen molar-refractivity contribution >= 4 is 11.9 Å². The number of aliphatic hydroxyl groups excluding tert-OH is 2. The Morgan fingerprint density at radius 2 is 1.69 bits per heavy atom. The maximum absolute atomic E-state index is 12.0. The predicted molar refractivity (Wildman–Crippen MR) is 122 cm³/mol.